The van der Waals surface area contributed by atoms with E-state index in [1.54, 1.807) is 0 Å². The van der Waals surface area contributed by atoms with E-state index in [1.165, 1.54) is 77.0 Å². The topological polar surface area (TPSA) is 29.5 Å². The summed E-state index contributed by atoms with van der Waals surface area (Å²) in [7, 11) is 0. The predicted octanol–water partition coefficient (Wildman–Crippen LogP) is 6.65. The first-order valence-electron chi connectivity index (χ1n) is 10.2. The van der Waals surface area contributed by atoms with Gasteiger partial charge in [-0.15, -0.1) is 0 Å². The third-order valence-corrected chi connectivity index (χ3v) is 4.62. The second-order valence-electron chi connectivity index (χ2n) is 6.89. The van der Waals surface area contributed by atoms with Gasteiger partial charge >= 0.3 is 0 Å². The Labute approximate surface area is 149 Å². The van der Waals surface area contributed by atoms with Crippen molar-refractivity contribution in [2.45, 2.75) is 97.0 Å². The highest BCUT2D eigenvalue weighted by atomic mass is 16.5. The zero-order valence-corrected chi connectivity index (χ0v) is 15.8. The van der Waals surface area contributed by atoms with Crippen LogP contribution in [0.2, 0.25) is 0 Å². The molecule has 1 aromatic rings. The molecule has 0 spiro atoms. The monoisotopic (exact) mass is 334 g/mol. The molecule has 0 aliphatic rings. The second-order valence-corrected chi connectivity index (χ2v) is 6.89. The second kappa shape index (κ2) is 15.5. The molecule has 2 nitrogen and oxygen atoms in total. The molecule has 0 unspecified atom stereocenters. The number of aliphatic hydroxyl groups excluding tert-OH is 1. The van der Waals surface area contributed by atoms with E-state index >= 15 is 0 Å². The van der Waals surface area contributed by atoms with E-state index in [2.05, 4.69) is 6.92 Å². The quantitative estimate of drug-likeness (QED) is 0.343. The fraction of sp³-hybridized carbons (Fsp3) is 0.727. The molecule has 24 heavy (non-hydrogen) atoms. The Kier molecular flexibility index (Phi) is 13.6. The summed E-state index contributed by atoms with van der Waals surface area (Å²) in [6.45, 7) is 3.18. The van der Waals surface area contributed by atoms with Crippen LogP contribution in [0.1, 0.15) is 96.0 Å². The van der Waals surface area contributed by atoms with Gasteiger partial charge in [0.2, 0.25) is 0 Å². The van der Waals surface area contributed by atoms with Crippen LogP contribution in [0.15, 0.2) is 24.3 Å². The molecule has 0 heterocycles. The minimum atomic E-state index is 0.0964. The van der Waals surface area contributed by atoms with Crippen molar-refractivity contribution in [1.29, 1.82) is 0 Å². The smallest absolute Gasteiger partial charge is 0.119 e. The molecule has 0 bridgehead atoms. The highest BCUT2D eigenvalue weighted by Crippen LogP contribution is 2.14. The van der Waals surface area contributed by atoms with Crippen LogP contribution in [0, 0.1) is 0 Å². The Morgan fingerprint density at radius 3 is 1.58 bits per heavy atom. The van der Waals surface area contributed by atoms with Crippen molar-refractivity contribution in [3.05, 3.63) is 29.8 Å². The van der Waals surface area contributed by atoms with Crippen LogP contribution in [0.5, 0.6) is 5.75 Å². The normalized spacial score (nSPS) is 10.9. The lowest BCUT2D eigenvalue weighted by atomic mass is 10.0. The van der Waals surface area contributed by atoms with Gasteiger partial charge in [-0.2, -0.15) is 0 Å². The summed E-state index contributed by atoms with van der Waals surface area (Å²) in [6.07, 6.45) is 17.9. The number of hydrogen-bond donors (Lipinski definition) is 1. The molecule has 1 N–H and O–H groups in total. The van der Waals surface area contributed by atoms with E-state index in [9.17, 15) is 0 Å². The van der Waals surface area contributed by atoms with Gasteiger partial charge in [0.15, 0.2) is 0 Å². The van der Waals surface area contributed by atoms with Crippen molar-refractivity contribution in [1.82, 2.24) is 0 Å². The maximum atomic E-state index is 9.00. The van der Waals surface area contributed by atoms with E-state index in [4.69, 9.17) is 9.84 Å². The highest BCUT2D eigenvalue weighted by molar-refractivity contribution is 5.26. The summed E-state index contributed by atoms with van der Waals surface area (Å²) in [6, 6.07) is 7.71. The molecule has 2 heteroatoms. The number of ether oxygens (including phenoxy) is 1. The zero-order chi connectivity index (χ0) is 17.3. The lowest BCUT2D eigenvalue weighted by molar-refractivity contribution is 0.281. The van der Waals surface area contributed by atoms with Crippen molar-refractivity contribution >= 4 is 0 Å². The van der Waals surface area contributed by atoms with Gasteiger partial charge in [0.05, 0.1) is 13.2 Å². The van der Waals surface area contributed by atoms with E-state index < -0.39 is 0 Å². The molecule has 0 atom stereocenters. The summed E-state index contributed by atoms with van der Waals surface area (Å²) < 4.78 is 5.72. The largest absolute Gasteiger partial charge is 0.494 e. The summed E-state index contributed by atoms with van der Waals surface area (Å²) in [5.74, 6) is 0.908. The molecular weight excluding hydrogens is 296 g/mol. The lowest BCUT2D eigenvalue weighted by Crippen LogP contribution is -1.97. The van der Waals surface area contributed by atoms with Crippen LogP contribution in [0.3, 0.4) is 0 Å². The molecule has 0 radical (unpaired) electrons. The summed E-state index contributed by atoms with van der Waals surface area (Å²) in [5.41, 5.74) is 0.934. The van der Waals surface area contributed by atoms with Gasteiger partial charge < -0.3 is 9.84 Å². The molecule has 1 rings (SSSR count). The Bertz CT molecular complexity index is 372. The fourth-order valence-corrected chi connectivity index (χ4v) is 3.00. The first-order valence-corrected chi connectivity index (χ1v) is 10.2. The number of unbranched alkanes of at least 4 members (excludes halogenated alkanes) is 12. The van der Waals surface area contributed by atoms with Crippen molar-refractivity contribution in [3.8, 4) is 5.75 Å². The van der Waals surface area contributed by atoms with Crippen LogP contribution < -0.4 is 4.74 Å². The average Bonchev–Trinajstić information content (AvgIpc) is 2.62. The predicted molar refractivity (Wildman–Crippen MR) is 104 cm³/mol. The summed E-state index contributed by atoms with van der Waals surface area (Å²) in [5, 5.41) is 9.00. The first kappa shape index (κ1) is 21.0. The van der Waals surface area contributed by atoms with Crippen LogP contribution in [-0.2, 0) is 6.61 Å². The first-order chi connectivity index (χ1) is 11.9. The van der Waals surface area contributed by atoms with Crippen molar-refractivity contribution in [2.24, 2.45) is 0 Å². The van der Waals surface area contributed by atoms with Gasteiger partial charge in [0, 0.05) is 0 Å². The van der Waals surface area contributed by atoms with Gasteiger partial charge in [0.25, 0.3) is 0 Å². The van der Waals surface area contributed by atoms with Gasteiger partial charge in [-0.25, -0.2) is 0 Å². The minimum Gasteiger partial charge on any atom is -0.494 e. The molecule has 0 aliphatic carbocycles. The van der Waals surface area contributed by atoms with E-state index in [0.29, 0.717) is 0 Å². The number of benzene rings is 1. The molecule has 0 aliphatic heterocycles. The third kappa shape index (κ3) is 11.5. The Balaban J connectivity index is 1.80. The average molecular weight is 335 g/mol. The summed E-state index contributed by atoms with van der Waals surface area (Å²) >= 11 is 0. The van der Waals surface area contributed by atoms with Crippen LogP contribution >= 0.6 is 0 Å². The number of aliphatic hydroxyl groups is 1. The molecule has 0 amide bonds. The Hall–Kier alpha value is -1.02. The van der Waals surface area contributed by atoms with E-state index in [0.717, 1.165) is 24.3 Å². The molecule has 0 saturated heterocycles. The molecular formula is C22H38O2. The maximum Gasteiger partial charge on any atom is 0.119 e. The SMILES string of the molecule is CCCCCCCCCCCCCCCOc1ccc(CO)cc1. The van der Waals surface area contributed by atoms with Crippen molar-refractivity contribution in [3.63, 3.8) is 0 Å². The maximum absolute atomic E-state index is 9.00. The van der Waals surface area contributed by atoms with E-state index in [1.807, 2.05) is 24.3 Å². The van der Waals surface area contributed by atoms with Crippen LogP contribution in [0.4, 0.5) is 0 Å². The standard InChI is InChI=1S/C22H38O2/c1-2-3-4-5-6-7-8-9-10-11-12-13-14-19-24-22-17-15-21(20-23)16-18-22/h15-18,23H,2-14,19-20H2,1H3. The Morgan fingerprint density at radius 2 is 1.12 bits per heavy atom. The number of hydrogen-bond acceptors (Lipinski definition) is 2. The number of rotatable bonds is 16. The van der Waals surface area contributed by atoms with Crippen molar-refractivity contribution < 1.29 is 9.84 Å². The highest BCUT2D eigenvalue weighted by Gasteiger charge is 1.96. The van der Waals surface area contributed by atoms with Crippen molar-refractivity contribution in [2.75, 3.05) is 6.61 Å². The van der Waals surface area contributed by atoms with Gasteiger partial charge in [-0.05, 0) is 24.1 Å². The van der Waals surface area contributed by atoms with Gasteiger partial charge in [-0.3, -0.25) is 0 Å². The fourth-order valence-electron chi connectivity index (χ4n) is 3.00. The van der Waals surface area contributed by atoms with Gasteiger partial charge in [0.1, 0.15) is 5.75 Å². The molecule has 0 saturated carbocycles. The van der Waals surface area contributed by atoms with Crippen LogP contribution in [-0.4, -0.2) is 11.7 Å². The molecule has 0 aromatic heterocycles. The van der Waals surface area contributed by atoms with E-state index in [-0.39, 0.29) is 6.61 Å². The Morgan fingerprint density at radius 1 is 0.667 bits per heavy atom. The molecule has 1 aromatic carbocycles. The lowest BCUT2D eigenvalue weighted by Gasteiger charge is -2.07. The molecule has 138 valence electrons. The summed E-state index contributed by atoms with van der Waals surface area (Å²) in [4.78, 5) is 0. The third-order valence-electron chi connectivity index (χ3n) is 4.62. The zero-order valence-electron chi connectivity index (χ0n) is 15.8. The molecule has 0 fully saturated rings. The van der Waals surface area contributed by atoms with Crippen LogP contribution in [0.25, 0.3) is 0 Å². The minimum absolute atomic E-state index is 0.0964. The van der Waals surface area contributed by atoms with Gasteiger partial charge in [-0.1, -0.05) is 96.1 Å².